The van der Waals surface area contributed by atoms with E-state index in [1.807, 2.05) is 0 Å². The van der Waals surface area contributed by atoms with Crippen molar-refractivity contribution in [1.29, 1.82) is 0 Å². The molecule has 1 heterocycles. The van der Waals surface area contributed by atoms with Crippen molar-refractivity contribution in [2.75, 3.05) is 0 Å². The first-order chi connectivity index (χ1) is 8.30. The zero-order valence-corrected chi connectivity index (χ0v) is 9.80. The van der Waals surface area contributed by atoms with Gasteiger partial charge < -0.3 is 0 Å². The molecule has 0 saturated heterocycles. The summed E-state index contributed by atoms with van der Waals surface area (Å²) in [6.07, 6.45) is -4.37. The fourth-order valence-electron chi connectivity index (χ4n) is 1.61. The number of H-pyrrole nitrogens is 1. The summed E-state index contributed by atoms with van der Waals surface area (Å²) >= 11 is 0. The first-order valence-electron chi connectivity index (χ1n) is 5.26. The average Bonchev–Trinajstić information content (AvgIpc) is 2.56. The van der Waals surface area contributed by atoms with Gasteiger partial charge in [0, 0.05) is 11.3 Å². The molecular formula is C12H11F3N2O. The van der Waals surface area contributed by atoms with E-state index in [4.69, 9.17) is 0 Å². The van der Waals surface area contributed by atoms with Crippen LogP contribution in [0.15, 0.2) is 29.1 Å². The van der Waals surface area contributed by atoms with Crippen LogP contribution in [0.2, 0.25) is 0 Å². The fraction of sp³-hybridized carbons (Fsp3) is 0.250. The van der Waals surface area contributed by atoms with Crippen LogP contribution in [0.25, 0.3) is 5.69 Å². The van der Waals surface area contributed by atoms with E-state index < -0.39 is 11.7 Å². The van der Waals surface area contributed by atoms with Gasteiger partial charge in [0.15, 0.2) is 0 Å². The highest BCUT2D eigenvalue weighted by Gasteiger charge is 2.30. The van der Waals surface area contributed by atoms with Gasteiger partial charge in [-0.25, -0.2) is 4.68 Å². The number of nitrogens with one attached hydrogen (secondary N) is 1. The van der Waals surface area contributed by atoms with Gasteiger partial charge in [-0.3, -0.25) is 9.89 Å². The van der Waals surface area contributed by atoms with Crippen molar-refractivity contribution in [3.05, 3.63) is 51.4 Å². The molecule has 6 heteroatoms. The molecule has 0 saturated carbocycles. The Hall–Kier alpha value is -1.98. The van der Waals surface area contributed by atoms with Crippen molar-refractivity contribution >= 4 is 0 Å². The molecule has 2 aromatic rings. The van der Waals surface area contributed by atoms with Gasteiger partial charge in [-0.15, -0.1) is 0 Å². The van der Waals surface area contributed by atoms with Gasteiger partial charge in [0.25, 0.3) is 5.56 Å². The molecule has 2 rings (SSSR count). The second-order valence-corrected chi connectivity index (χ2v) is 4.05. The number of alkyl halides is 3. The van der Waals surface area contributed by atoms with Crippen LogP contribution < -0.4 is 5.56 Å². The minimum atomic E-state index is -4.37. The summed E-state index contributed by atoms with van der Waals surface area (Å²) in [7, 11) is 0. The van der Waals surface area contributed by atoms with E-state index >= 15 is 0 Å². The van der Waals surface area contributed by atoms with Crippen LogP contribution in [0.1, 0.15) is 16.8 Å². The Kier molecular flexibility index (Phi) is 2.80. The van der Waals surface area contributed by atoms with Crippen LogP contribution in [-0.4, -0.2) is 9.78 Å². The van der Waals surface area contributed by atoms with Crippen molar-refractivity contribution in [2.24, 2.45) is 0 Å². The zero-order valence-electron chi connectivity index (χ0n) is 9.80. The number of benzene rings is 1. The molecule has 0 aliphatic carbocycles. The summed E-state index contributed by atoms with van der Waals surface area (Å²) in [4.78, 5) is 11.8. The lowest BCUT2D eigenvalue weighted by Gasteiger charge is -2.07. The number of halogens is 3. The van der Waals surface area contributed by atoms with Crippen LogP contribution in [0, 0.1) is 13.8 Å². The summed E-state index contributed by atoms with van der Waals surface area (Å²) in [6.45, 7) is 3.39. The highest BCUT2D eigenvalue weighted by molar-refractivity contribution is 5.36. The van der Waals surface area contributed by atoms with Crippen molar-refractivity contribution in [3.63, 3.8) is 0 Å². The molecule has 1 aromatic heterocycles. The van der Waals surface area contributed by atoms with Gasteiger partial charge >= 0.3 is 6.18 Å². The fourth-order valence-corrected chi connectivity index (χ4v) is 1.61. The Morgan fingerprint density at radius 3 is 2.06 bits per heavy atom. The van der Waals surface area contributed by atoms with E-state index in [0.29, 0.717) is 16.9 Å². The third kappa shape index (κ3) is 2.05. The maximum absolute atomic E-state index is 12.4. The summed E-state index contributed by atoms with van der Waals surface area (Å²) in [5.41, 5.74) is 0.630. The smallest absolute Gasteiger partial charge is 0.295 e. The zero-order chi connectivity index (χ0) is 13.5. The van der Waals surface area contributed by atoms with Gasteiger partial charge in [-0.05, 0) is 38.1 Å². The number of hydrogen-bond acceptors (Lipinski definition) is 1. The van der Waals surface area contributed by atoms with E-state index in [0.717, 1.165) is 12.1 Å². The minimum absolute atomic E-state index is 0.257. The van der Waals surface area contributed by atoms with Crippen molar-refractivity contribution < 1.29 is 13.2 Å². The van der Waals surface area contributed by atoms with Gasteiger partial charge in [0.05, 0.1) is 11.3 Å². The summed E-state index contributed by atoms with van der Waals surface area (Å²) in [6, 6.07) is 4.43. The van der Waals surface area contributed by atoms with Crippen LogP contribution in [0.4, 0.5) is 13.2 Å². The van der Waals surface area contributed by atoms with Crippen LogP contribution >= 0.6 is 0 Å². The van der Waals surface area contributed by atoms with Crippen LogP contribution in [0.5, 0.6) is 0 Å². The Morgan fingerprint density at radius 1 is 1.11 bits per heavy atom. The Morgan fingerprint density at radius 2 is 1.67 bits per heavy atom. The topological polar surface area (TPSA) is 37.8 Å². The molecule has 0 aliphatic heterocycles. The van der Waals surface area contributed by atoms with Gasteiger partial charge in [-0.1, -0.05) is 0 Å². The van der Waals surface area contributed by atoms with E-state index in [-0.39, 0.29) is 5.56 Å². The number of aryl methyl sites for hydroxylation is 1. The molecule has 0 bridgehead atoms. The maximum atomic E-state index is 12.4. The second kappa shape index (κ2) is 4.04. The van der Waals surface area contributed by atoms with E-state index in [9.17, 15) is 18.0 Å². The Labute approximate surface area is 101 Å². The van der Waals surface area contributed by atoms with Gasteiger partial charge in [0.2, 0.25) is 0 Å². The normalized spacial score (nSPS) is 11.8. The first kappa shape index (κ1) is 12.5. The molecule has 96 valence electrons. The predicted molar refractivity (Wildman–Crippen MR) is 60.9 cm³/mol. The van der Waals surface area contributed by atoms with Crippen LogP contribution in [-0.2, 0) is 6.18 Å². The predicted octanol–water partition coefficient (Wildman–Crippen LogP) is 2.80. The quantitative estimate of drug-likeness (QED) is 0.837. The monoisotopic (exact) mass is 256 g/mol. The molecule has 18 heavy (non-hydrogen) atoms. The van der Waals surface area contributed by atoms with E-state index in [1.165, 1.54) is 16.8 Å². The number of aromatic amines is 1. The van der Waals surface area contributed by atoms with Crippen molar-refractivity contribution in [3.8, 4) is 5.69 Å². The second-order valence-electron chi connectivity index (χ2n) is 4.05. The number of nitrogens with zero attached hydrogens (tertiary/aromatic N) is 1. The first-order valence-corrected chi connectivity index (χ1v) is 5.26. The highest BCUT2D eigenvalue weighted by Crippen LogP contribution is 2.29. The van der Waals surface area contributed by atoms with E-state index in [1.54, 1.807) is 13.8 Å². The molecule has 0 spiro atoms. The maximum Gasteiger partial charge on any atom is 0.416 e. The minimum Gasteiger partial charge on any atom is -0.295 e. The third-order valence-corrected chi connectivity index (χ3v) is 2.82. The summed E-state index contributed by atoms with van der Waals surface area (Å²) in [5, 5.41) is 2.81. The SMILES string of the molecule is Cc1[nH]n(-c2ccc(C(F)(F)F)cc2)c(=O)c1C. The Bertz CT molecular complexity index is 620. The molecule has 0 unspecified atom stereocenters. The lowest BCUT2D eigenvalue weighted by Crippen LogP contribution is -2.16. The molecule has 0 fully saturated rings. The number of aromatic nitrogens is 2. The molecule has 1 N–H and O–H groups in total. The molecule has 0 atom stereocenters. The largest absolute Gasteiger partial charge is 0.416 e. The molecule has 0 radical (unpaired) electrons. The lowest BCUT2D eigenvalue weighted by molar-refractivity contribution is -0.137. The number of rotatable bonds is 1. The molecule has 1 aromatic carbocycles. The van der Waals surface area contributed by atoms with Gasteiger partial charge in [-0.2, -0.15) is 13.2 Å². The summed E-state index contributed by atoms with van der Waals surface area (Å²) in [5.74, 6) is 0. The lowest BCUT2D eigenvalue weighted by atomic mass is 10.2. The van der Waals surface area contributed by atoms with Crippen molar-refractivity contribution in [1.82, 2.24) is 9.78 Å². The molecule has 0 amide bonds. The summed E-state index contributed by atoms with van der Waals surface area (Å²) < 4.78 is 38.4. The number of hydrogen-bond donors (Lipinski definition) is 1. The van der Waals surface area contributed by atoms with Crippen LogP contribution in [0.3, 0.4) is 0 Å². The Balaban J connectivity index is 2.47. The van der Waals surface area contributed by atoms with Crippen molar-refractivity contribution in [2.45, 2.75) is 20.0 Å². The average molecular weight is 256 g/mol. The van der Waals surface area contributed by atoms with Gasteiger partial charge in [0.1, 0.15) is 0 Å². The standard InChI is InChI=1S/C12H11F3N2O/c1-7-8(2)16-17(11(7)18)10-5-3-9(4-6-10)12(13,14)15/h3-6,16H,1-2H3. The third-order valence-electron chi connectivity index (χ3n) is 2.82. The van der Waals surface area contributed by atoms with E-state index in [2.05, 4.69) is 5.10 Å². The molecule has 0 aliphatic rings. The molecule has 3 nitrogen and oxygen atoms in total. The molecular weight excluding hydrogens is 245 g/mol. The highest BCUT2D eigenvalue weighted by atomic mass is 19.4.